The Morgan fingerprint density at radius 1 is 0.952 bits per heavy atom. The molecule has 0 heterocycles. The van der Waals surface area contributed by atoms with Crippen LogP contribution in [0.1, 0.15) is 89.2 Å². The summed E-state index contributed by atoms with van der Waals surface area (Å²) in [7, 11) is 0. The van der Waals surface area contributed by atoms with Gasteiger partial charge in [-0.15, -0.1) is 0 Å². The van der Waals surface area contributed by atoms with Crippen LogP contribution in [-0.4, -0.2) is 5.60 Å². The molecular formula is C20H33O. The van der Waals surface area contributed by atoms with E-state index < -0.39 is 5.60 Å². The Morgan fingerprint density at radius 3 is 2.14 bits per heavy atom. The van der Waals surface area contributed by atoms with E-state index in [-0.39, 0.29) is 5.92 Å². The van der Waals surface area contributed by atoms with Gasteiger partial charge in [0.1, 0.15) is 5.60 Å². The van der Waals surface area contributed by atoms with Gasteiger partial charge in [0.25, 0.3) is 0 Å². The molecule has 1 nitrogen and oxygen atoms in total. The molecule has 1 aromatic carbocycles. The molecule has 1 radical (unpaired) electrons. The third-order valence-corrected chi connectivity index (χ3v) is 4.57. The van der Waals surface area contributed by atoms with Crippen molar-refractivity contribution in [2.75, 3.05) is 0 Å². The van der Waals surface area contributed by atoms with Crippen molar-refractivity contribution >= 4 is 0 Å². The van der Waals surface area contributed by atoms with E-state index in [2.05, 4.69) is 45.0 Å². The average Bonchev–Trinajstić information content (AvgIpc) is 2.45. The van der Waals surface area contributed by atoms with Crippen molar-refractivity contribution in [1.82, 2.24) is 0 Å². The first-order valence-corrected chi connectivity index (χ1v) is 8.78. The van der Waals surface area contributed by atoms with E-state index in [9.17, 15) is 5.11 Å². The molecule has 2 unspecified atom stereocenters. The summed E-state index contributed by atoms with van der Waals surface area (Å²) in [6, 6.07) is 8.58. The molecule has 0 amide bonds. The van der Waals surface area contributed by atoms with Crippen molar-refractivity contribution in [3.63, 3.8) is 0 Å². The van der Waals surface area contributed by atoms with Crippen molar-refractivity contribution < 1.29 is 5.11 Å². The molecule has 0 spiro atoms. The lowest BCUT2D eigenvalue weighted by molar-refractivity contribution is -0.0479. The van der Waals surface area contributed by atoms with E-state index in [0.29, 0.717) is 0 Å². The highest BCUT2D eigenvalue weighted by Crippen LogP contribution is 2.36. The third kappa shape index (κ3) is 6.22. The normalized spacial score (nSPS) is 15.7. The summed E-state index contributed by atoms with van der Waals surface area (Å²) in [4.78, 5) is 0. The van der Waals surface area contributed by atoms with Gasteiger partial charge in [0.2, 0.25) is 0 Å². The zero-order valence-corrected chi connectivity index (χ0v) is 14.5. The van der Waals surface area contributed by atoms with Crippen molar-refractivity contribution in [3.05, 3.63) is 35.4 Å². The average molecular weight is 289 g/mol. The molecule has 0 aliphatic heterocycles. The minimum atomic E-state index is -0.836. The molecule has 0 bridgehead atoms. The van der Waals surface area contributed by atoms with Crippen LogP contribution in [0.3, 0.4) is 0 Å². The molecule has 0 saturated carbocycles. The SMILES string of the molecule is CCCCCCCC(C)([O])C(CCC)c1ccc(C)cc1. The lowest BCUT2D eigenvalue weighted by Gasteiger charge is -2.31. The molecule has 1 heteroatoms. The van der Waals surface area contributed by atoms with Crippen LogP contribution in [0.5, 0.6) is 0 Å². The van der Waals surface area contributed by atoms with Crippen molar-refractivity contribution in [2.24, 2.45) is 0 Å². The van der Waals surface area contributed by atoms with Gasteiger partial charge >= 0.3 is 0 Å². The number of hydrogen-bond acceptors (Lipinski definition) is 0. The van der Waals surface area contributed by atoms with E-state index in [1.165, 1.54) is 36.8 Å². The first kappa shape index (κ1) is 18.2. The van der Waals surface area contributed by atoms with Crippen molar-refractivity contribution in [3.8, 4) is 0 Å². The monoisotopic (exact) mass is 289 g/mol. The van der Waals surface area contributed by atoms with Crippen LogP contribution in [0.15, 0.2) is 24.3 Å². The van der Waals surface area contributed by atoms with Gasteiger partial charge in [-0.25, -0.2) is 5.11 Å². The smallest absolute Gasteiger partial charge is 0.108 e. The molecule has 0 fully saturated rings. The standard InChI is InChI=1S/C20H33O/c1-5-7-8-9-10-16-20(4,21)19(11-6-2)18-14-12-17(3)13-15-18/h12-15,19H,5-11,16H2,1-4H3. The maximum atomic E-state index is 13.1. The summed E-state index contributed by atoms with van der Waals surface area (Å²) in [5, 5.41) is 13.1. The predicted octanol–water partition coefficient (Wildman–Crippen LogP) is 6.43. The second kappa shape index (κ2) is 9.25. The fourth-order valence-corrected chi connectivity index (χ4v) is 3.17. The highest BCUT2D eigenvalue weighted by Gasteiger charge is 2.33. The lowest BCUT2D eigenvalue weighted by atomic mass is 9.77. The van der Waals surface area contributed by atoms with Crippen LogP contribution in [0.2, 0.25) is 0 Å². The van der Waals surface area contributed by atoms with Crippen LogP contribution >= 0.6 is 0 Å². The van der Waals surface area contributed by atoms with Gasteiger partial charge < -0.3 is 0 Å². The zero-order valence-electron chi connectivity index (χ0n) is 14.5. The third-order valence-electron chi connectivity index (χ3n) is 4.57. The Kier molecular flexibility index (Phi) is 8.03. The minimum absolute atomic E-state index is 0.147. The van der Waals surface area contributed by atoms with Crippen LogP contribution < -0.4 is 0 Å². The lowest BCUT2D eigenvalue weighted by Crippen LogP contribution is -2.31. The maximum absolute atomic E-state index is 13.1. The summed E-state index contributed by atoms with van der Waals surface area (Å²) in [5.41, 5.74) is 1.66. The van der Waals surface area contributed by atoms with Gasteiger partial charge in [-0.3, -0.25) is 0 Å². The summed E-state index contributed by atoms with van der Waals surface area (Å²) in [6.45, 7) is 8.43. The molecular weight excluding hydrogens is 256 g/mol. The van der Waals surface area contributed by atoms with Gasteiger partial charge in [0.05, 0.1) is 0 Å². The highest BCUT2D eigenvalue weighted by molar-refractivity contribution is 5.26. The van der Waals surface area contributed by atoms with Crippen LogP contribution in [0.25, 0.3) is 0 Å². The molecule has 0 aliphatic rings. The predicted molar refractivity (Wildman–Crippen MR) is 91.3 cm³/mol. The zero-order chi connectivity index (χ0) is 15.7. The largest absolute Gasteiger partial charge is 0.229 e. The Labute approximate surface area is 131 Å². The number of aryl methyl sites for hydroxylation is 1. The number of rotatable bonds is 10. The van der Waals surface area contributed by atoms with Gasteiger partial charge in [-0.2, -0.15) is 0 Å². The van der Waals surface area contributed by atoms with E-state index in [4.69, 9.17) is 0 Å². The molecule has 0 aromatic heterocycles. The first-order chi connectivity index (χ1) is 10.0. The number of unbranched alkanes of at least 4 members (excludes halogenated alkanes) is 4. The maximum Gasteiger partial charge on any atom is 0.108 e. The van der Waals surface area contributed by atoms with Gasteiger partial charge in [0.15, 0.2) is 0 Å². The van der Waals surface area contributed by atoms with Crippen molar-refractivity contribution in [1.29, 1.82) is 0 Å². The second-order valence-electron chi connectivity index (χ2n) is 6.73. The Hall–Kier alpha value is -0.820. The van der Waals surface area contributed by atoms with Crippen LogP contribution in [0, 0.1) is 6.92 Å². The summed E-state index contributed by atoms with van der Waals surface area (Å²) in [5.74, 6) is 0.147. The van der Waals surface area contributed by atoms with Gasteiger partial charge in [-0.05, 0) is 32.3 Å². The first-order valence-electron chi connectivity index (χ1n) is 8.78. The second-order valence-corrected chi connectivity index (χ2v) is 6.73. The molecule has 119 valence electrons. The number of benzene rings is 1. The molecule has 1 rings (SSSR count). The van der Waals surface area contributed by atoms with Crippen molar-refractivity contribution in [2.45, 2.75) is 90.6 Å². The highest BCUT2D eigenvalue weighted by atomic mass is 16.3. The quantitative estimate of drug-likeness (QED) is 0.442. The summed E-state index contributed by atoms with van der Waals surface area (Å²) >= 11 is 0. The molecule has 21 heavy (non-hydrogen) atoms. The Balaban J connectivity index is 2.66. The van der Waals surface area contributed by atoms with Gasteiger partial charge in [-0.1, -0.05) is 82.2 Å². The Bertz CT molecular complexity index is 377. The van der Waals surface area contributed by atoms with E-state index in [0.717, 1.165) is 25.7 Å². The van der Waals surface area contributed by atoms with Crippen LogP contribution in [0.4, 0.5) is 0 Å². The topological polar surface area (TPSA) is 19.9 Å². The molecule has 0 aliphatic carbocycles. The summed E-state index contributed by atoms with van der Waals surface area (Å²) in [6.07, 6.45) is 8.99. The fourth-order valence-electron chi connectivity index (χ4n) is 3.17. The molecule has 0 N–H and O–H groups in total. The van der Waals surface area contributed by atoms with E-state index >= 15 is 0 Å². The van der Waals surface area contributed by atoms with Gasteiger partial charge in [0, 0.05) is 5.92 Å². The summed E-state index contributed by atoms with van der Waals surface area (Å²) < 4.78 is 0. The molecule has 1 aromatic rings. The fraction of sp³-hybridized carbons (Fsp3) is 0.700. The Morgan fingerprint density at radius 2 is 1.57 bits per heavy atom. The number of hydrogen-bond donors (Lipinski definition) is 0. The van der Waals surface area contributed by atoms with E-state index in [1.54, 1.807) is 0 Å². The van der Waals surface area contributed by atoms with Crippen LogP contribution in [-0.2, 0) is 5.11 Å². The molecule has 0 saturated heterocycles. The molecule has 2 atom stereocenters. The van der Waals surface area contributed by atoms with E-state index in [1.807, 2.05) is 6.92 Å². The minimum Gasteiger partial charge on any atom is -0.229 e.